The number of hydrogen-bond donors (Lipinski definition) is 2. The lowest BCUT2D eigenvalue weighted by atomic mass is 9.98. The number of hydrogen-bond acceptors (Lipinski definition) is 3. The summed E-state index contributed by atoms with van der Waals surface area (Å²) in [7, 11) is 1.83. The Hall–Kier alpha value is -1.07. The fourth-order valence-corrected chi connectivity index (χ4v) is 3.84. The highest BCUT2D eigenvalue weighted by molar-refractivity contribution is 7.10. The van der Waals surface area contributed by atoms with E-state index in [2.05, 4.69) is 40.1 Å². The zero-order chi connectivity index (χ0) is 17.0. The van der Waals surface area contributed by atoms with Gasteiger partial charge in [0.05, 0.1) is 12.1 Å². The SMILES string of the molecule is CN=C(NCCCCCOC1CCCCC1)NC(C)c1cccs1. The molecule has 0 aromatic carbocycles. The molecule has 0 spiro atoms. The van der Waals surface area contributed by atoms with Crippen molar-refractivity contribution < 1.29 is 4.74 Å². The Morgan fingerprint density at radius 2 is 2.12 bits per heavy atom. The predicted molar refractivity (Wildman–Crippen MR) is 104 cm³/mol. The first kappa shape index (κ1) is 19.3. The van der Waals surface area contributed by atoms with Gasteiger partial charge in [0.2, 0.25) is 0 Å². The van der Waals surface area contributed by atoms with E-state index in [1.165, 1.54) is 43.4 Å². The highest BCUT2D eigenvalue weighted by Crippen LogP contribution is 2.20. The van der Waals surface area contributed by atoms with Crippen molar-refractivity contribution in [3.63, 3.8) is 0 Å². The first-order valence-corrected chi connectivity index (χ1v) is 10.3. The van der Waals surface area contributed by atoms with Gasteiger partial charge in [-0.15, -0.1) is 11.3 Å². The zero-order valence-corrected chi connectivity index (χ0v) is 16.0. The third kappa shape index (κ3) is 7.22. The summed E-state index contributed by atoms with van der Waals surface area (Å²) >= 11 is 1.77. The molecule has 136 valence electrons. The van der Waals surface area contributed by atoms with E-state index in [9.17, 15) is 0 Å². The first-order chi connectivity index (χ1) is 11.8. The lowest BCUT2D eigenvalue weighted by molar-refractivity contribution is 0.0264. The van der Waals surface area contributed by atoms with E-state index in [4.69, 9.17) is 4.74 Å². The first-order valence-electron chi connectivity index (χ1n) is 9.42. The predicted octanol–water partition coefficient (Wildman–Crippen LogP) is 4.49. The monoisotopic (exact) mass is 351 g/mol. The van der Waals surface area contributed by atoms with Gasteiger partial charge in [-0.2, -0.15) is 0 Å². The van der Waals surface area contributed by atoms with E-state index in [1.807, 2.05) is 7.05 Å². The number of rotatable bonds is 9. The van der Waals surface area contributed by atoms with Gasteiger partial charge in [-0.25, -0.2) is 0 Å². The molecular formula is C19H33N3OS. The van der Waals surface area contributed by atoms with Gasteiger partial charge in [-0.05, 0) is 50.5 Å². The molecule has 1 aromatic heterocycles. The normalized spacial score (nSPS) is 17.7. The summed E-state index contributed by atoms with van der Waals surface area (Å²) in [5.74, 6) is 0.884. The molecule has 1 aliphatic carbocycles. The van der Waals surface area contributed by atoms with Gasteiger partial charge in [-0.1, -0.05) is 25.3 Å². The molecule has 1 aliphatic rings. The van der Waals surface area contributed by atoms with Gasteiger partial charge in [-0.3, -0.25) is 4.99 Å². The maximum atomic E-state index is 5.97. The molecule has 5 heteroatoms. The van der Waals surface area contributed by atoms with E-state index in [0.717, 1.165) is 32.0 Å². The third-order valence-corrected chi connectivity index (χ3v) is 5.62. The highest BCUT2D eigenvalue weighted by Gasteiger charge is 2.13. The largest absolute Gasteiger partial charge is 0.378 e. The molecule has 2 N–H and O–H groups in total. The summed E-state index contributed by atoms with van der Waals surface area (Å²) < 4.78 is 5.97. The van der Waals surface area contributed by atoms with Crippen molar-refractivity contribution in [3.05, 3.63) is 22.4 Å². The Balaban J connectivity index is 1.49. The molecule has 2 rings (SSSR count). The van der Waals surface area contributed by atoms with Crippen molar-refractivity contribution in [1.82, 2.24) is 10.6 Å². The summed E-state index contributed by atoms with van der Waals surface area (Å²) in [6, 6.07) is 4.53. The Morgan fingerprint density at radius 3 is 2.83 bits per heavy atom. The van der Waals surface area contributed by atoms with E-state index < -0.39 is 0 Å². The van der Waals surface area contributed by atoms with Crippen LogP contribution in [0.1, 0.15) is 69.2 Å². The zero-order valence-electron chi connectivity index (χ0n) is 15.2. The molecular weight excluding hydrogens is 318 g/mol. The van der Waals surface area contributed by atoms with Crippen molar-refractivity contribution in [1.29, 1.82) is 0 Å². The van der Waals surface area contributed by atoms with E-state index in [-0.39, 0.29) is 0 Å². The van der Waals surface area contributed by atoms with Crippen LogP contribution in [0.5, 0.6) is 0 Å². The Labute approximate surface area is 151 Å². The number of guanidine groups is 1. The van der Waals surface area contributed by atoms with Gasteiger partial charge in [0.25, 0.3) is 0 Å². The van der Waals surface area contributed by atoms with Crippen LogP contribution in [0.2, 0.25) is 0 Å². The Kier molecular flexibility index (Phi) is 9.21. The van der Waals surface area contributed by atoms with Crippen molar-refractivity contribution in [2.45, 2.75) is 70.4 Å². The van der Waals surface area contributed by atoms with Crippen LogP contribution in [-0.2, 0) is 4.74 Å². The number of aliphatic imine (C=N–C) groups is 1. The van der Waals surface area contributed by atoms with Crippen molar-refractivity contribution in [2.75, 3.05) is 20.2 Å². The Bertz CT molecular complexity index is 455. The van der Waals surface area contributed by atoms with Crippen LogP contribution >= 0.6 is 11.3 Å². The smallest absolute Gasteiger partial charge is 0.191 e. The maximum absolute atomic E-state index is 5.97. The van der Waals surface area contributed by atoms with Crippen LogP contribution in [-0.4, -0.2) is 32.3 Å². The molecule has 24 heavy (non-hydrogen) atoms. The average molecular weight is 352 g/mol. The molecule has 4 nitrogen and oxygen atoms in total. The van der Waals surface area contributed by atoms with Crippen LogP contribution in [0.25, 0.3) is 0 Å². The summed E-state index contributed by atoms with van der Waals surface area (Å²) in [6.07, 6.45) is 10.7. The molecule has 1 heterocycles. The molecule has 0 radical (unpaired) electrons. The molecule has 0 amide bonds. The number of nitrogens with zero attached hydrogens (tertiary/aromatic N) is 1. The summed E-state index contributed by atoms with van der Waals surface area (Å²) in [5.41, 5.74) is 0. The molecule has 0 aliphatic heterocycles. The van der Waals surface area contributed by atoms with E-state index >= 15 is 0 Å². The molecule has 1 fully saturated rings. The Morgan fingerprint density at radius 1 is 1.29 bits per heavy atom. The summed E-state index contributed by atoms with van der Waals surface area (Å²) in [5, 5.41) is 8.95. The fraction of sp³-hybridized carbons (Fsp3) is 0.737. The molecule has 1 atom stereocenters. The summed E-state index contributed by atoms with van der Waals surface area (Å²) in [4.78, 5) is 5.64. The fourth-order valence-electron chi connectivity index (χ4n) is 3.10. The number of unbranched alkanes of at least 4 members (excludes halogenated alkanes) is 2. The van der Waals surface area contributed by atoms with Crippen molar-refractivity contribution >= 4 is 17.3 Å². The molecule has 1 aromatic rings. The minimum Gasteiger partial charge on any atom is -0.378 e. The van der Waals surface area contributed by atoms with Gasteiger partial charge in [0.15, 0.2) is 5.96 Å². The van der Waals surface area contributed by atoms with Crippen LogP contribution in [0, 0.1) is 0 Å². The number of nitrogens with one attached hydrogen (secondary N) is 2. The van der Waals surface area contributed by atoms with E-state index in [0.29, 0.717) is 12.1 Å². The van der Waals surface area contributed by atoms with Crippen molar-refractivity contribution in [3.8, 4) is 0 Å². The van der Waals surface area contributed by atoms with Gasteiger partial charge in [0, 0.05) is 25.1 Å². The molecule has 0 saturated heterocycles. The average Bonchev–Trinajstić information content (AvgIpc) is 3.15. The van der Waals surface area contributed by atoms with Crippen LogP contribution < -0.4 is 10.6 Å². The minimum atomic E-state index is 0.292. The molecule has 0 bridgehead atoms. The van der Waals surface area contributed by atoms with E-state index in [1.54, 1.807) is 11.3 Å². The van der Waals surface area contributed by atoms with Gasteiger partial charge < -0.3 is 15.4 Å². The minimum absolute atomic E-state index is 0.292. The van der Waals surface area contributed by atoms with Gasteiger partial charge in [0.1, 0.15) is 0 Å². The van der Waals surface area contributed by atoms with Gasteiger partial charge >= 0.3 is 0 Å². The molecule has 1 unspecified atom stereocenters. The lowest BCUT2D eigenvalue weighted by Crippen LogP contribution is -2.38. The third-order valence-electron chi connectivity index (χ3n) is 4.57. The highest BCUT2D eigenvalue weighted by atomic mass is 32.1. The van der Waals surface area contributed by atoms with Crippen LogP contribution in [0.4, 0.5) is 0 Å². The summed E-state index contributed by atoms with van der Waals surface area (Å²) in [6.45, 7) is 4.05. The van der Waals surface area contributed by atoms with Crippen molar-refractivity contribution in [2.24, 2.45) is 4.99 Å². The lowest BCUT2D eigenvalue weighted by Gasteiger charge is -2.21. The van der Waals surface area contributed by atoms with Crippen LogP contribution in [0.3, 0.4) is 0 Å². The van der Waals surface area contributed by atoms with Crippen LogP contribution in [0.15, 0.2) is 22.5 Å². The molecule has 1 saturated carbocycles. The standard InChI is InChI=1S/C19H33N3OS/c1-16(18-12-9-15-24-18)22-19(20-2)21-13-7-4-8-14-23-17-10-5-3-6-11-17/h9,12,15-17H,3-8,10-11,13-14H2,1-2H3,(H2,20,21,22). The second-order valence-electron chi connectivity index (χ2n) is 6.57. The second-order valence-corrected chi connectivity index (χ2v) is 7.55. The number of thiophene rings is 1. The number of ether oxygens (including phenoxy) is 1. The quantitative estimate of drug-likeness (QED) is 0.391. The topological polar surface area (TPSA) is 45.7 Å². The second kappa shape index (κ2) is 11.5. The maximum Gasteiger partial charge on any atom is 0.191 e.